The highest BCUT2D eigenvalue weighted by molar-refractivity contribution is 9.10. The Morgan fingerprint density at radius 1 is 1.19 bits per heavy atom. The van der Waals surface area contributed by atoms with Gasteiger partial charge in [0.25, 0.3) is 0 Å². The van der Waals surface area contributed by atoms with Gasteiger partial charge in [-0.1, -0.05) is 51.8 Å². The minimum absolute atomic E-state index is 0.118. The fraction of sp³-hybridized carbons (Fsp3) is 0.250. The van der Waals surface area contributed by atoms with E-state index in [9.17, 15) is 0 Å². The number of hydrogen-bond donors (Lipinski definition) is 2. The number of nitrogens with one attached hydrogen (secondary N) is 1. The van der Waals surface area contributed by atoms with Gasteiger partial charge >= 0.3 is 0 Å². The molecule has 0 saturated carbocycles. The molecule has 1 unspecified atom stereocenters. The van der Waals surface area contributed by atoms with Crippen molar-refractivity contribution >= 4 is 27.5 Å². The van der Waals surface area contributed by atoms with Crippen LogP contribution in [0.2, 0.25) is 5.02 Å². The molecule has 3 N–H and O–H groups in total. The third-order valence-electron chi connectivity index (χ3n) is 3.20. The Labute approximate surface area is 138 Å². The molecular weight excluding hydrogens is 352 g/mol. The molecule has 0 amide bonds. The van der Waals surface area contributed by atoms with Crippen LogP contribution in [0.3, 0.4) is 0 Å². The molecular formula is C16H18BrClN2O. The van der Waals surface area contributed by atoms with E-state index in [-0.39, 0.29) is 6.04 Å². The highest BCUT2D eigenvalue weighted by Gasteiger charge is 2.11. The second-order valence-electron chi connectivity index (χ2n) is 4.75. The highest BCUT2D eigenvalue weighted by atomic mass is 79.9. The van der Waals surface area contributed by atoms with Gasteiger partial charge in [-0.25, -0.2) is 0 Å². The molecule has 0 aliphatic carbocycles. The average Bonchev–Trinajstić information content (AvgIpc) is 2.49. The summed E-state index contributed by atoms with van der Waals surface area (Å²) < 4.78 is 6.66. The maximum absolute atomic E-state index is 6.23. The molecule has 21 heavy (non-hydrogen) atoms. The smallest absolute Gasteiger partial charge is 0.119 e. The van der Waals surface area contributed by atoms with Crippen molar-refractivity contribution < 1.29 is 4.74 Å². The summed E-state index contributed by atoms with van der Waals surface area (Å²) in [5.74, 6) is 6.49. The van der Waals surface area contributed by atoms with Crippen molar-refractivity contribution in [2.24, 2.45) is 5.84 Å². The number of rotatable bonds is 7. The van der Waals surface area contributed by atoms with Gasteiger partial charge in [-0.05, 0) is 42.7 Å². The molecule has 2 aromatic carbocycles. The largest absolute Gasteiger partial charge is 0.494 e. The molecule has 0 aliphatic rings. The second kappa shape index (κ2) is 8.39. The molecule has 0 aromatic heterocycles. The number of benzene rings is 2. The number of ether oxygens (including phenoxy) is 1. The zero-order chi connectivity index (χ0) is 15.1. The molecule has 112 valence electrons. The van der Waals surface area contributed by atoms with Gasteiger partial charge in [0.05, 0.1) is 6.61 Å². The minimum atomic E-state index is 0.118. The van der Waals surface area contributed by atoms with Crippen molar-refractivity contribution in [3.05, 3.63) is 63.6 Å². The number of hydrazine groups is 1. The summed E-state index contributed by atoms with van der Waals surface area (Å²) in [6, 6.07) is 15.8. The fourth-order valence-electron chi connectivity index (χ4n) is 2.03. The zero-order valence-corrected chi connectivity index (χ0v) is 13.9. The minimum Gasteiger partial charge on any atom is -0.494 e. The quantitative estimate of drug-likeness (QED) is 0.574. The molecule has 0 heterocycles. The Bertz CT molecular complexity index is 565. The molecule has 0 aliphatic heterocycles. The lowest BCUT2D eigenvalue weighted by molar-refractivity contribution is 0.285. The Morgan fingerprint density at radius 3 is 2.62 bits per heavy atom. The zero-order valence-electron chi connectivity index (χ0n) is 11.6. The first kappa shape index (κ1) is 16.3. The molecule has 5 heteroatoms. The molecule has 0 saturated heterocycles. The van der Waals surface area contributed by atoms with Gasteiger partial charge in [-0.3, -0.25) is 11.3 Å². The molecule has 0 spiro atoms. The Hall–Kier alpha value is -1.07. The van der Waals surface area contributed by atoms with Crippen LogP contribution in [0, 0.1) is 0 Å². The average molecular weight is 370 g/mol. The lowest BCUT2D eigenvalue weighted by Crippen LogP contribution is -2.38. The van der Waals surface area contributed by atoms with Crippen molar-refractivity contribution in [1.82, 2.24) is 5.43 Å². The molecule has 0 bridgehead atoms. The summed E-state index contributed by atoms with van der Waals surface area (Å²) in [4.78, 5) is 0. The molecule has 2 aromatic rings. The monoisotopic (exact) mass is 368 g/mol. The van der Waals surface area contributed by atoms with E-state index in [1.165, 1.54) is 0 Å². The van der Waals surface area contributed by atoms with Gasteiger partial charge in [0, 0.05) is 15.5 Å². The van der Waals surface area contributed by atoms with Crippen molar-refractivity contribution in [2.75, 3.05) is 6.61 Å². The van der Waals surface area contributed by atoms with Crippen LogP contribution in [0.15, 0.2) is 53.0 Å². The summed E-state index contributed by atoms with van der Waals surface area (Å²) in [5, 5.41) is 0.744. The maximum Gasteiger partial charge on any atom is 0.119 e. The van der Waals surface area contributed by atoms with Crippen LogP contribution in [-0.2, 0) is 6.42 Å². The van der Waals surface area contributed by atoms with E-state index < -0.39 is 0 Å². The molecule has 1 atom stereocenters. The second-order valence-corrected chi connectivity index (χ2v) is 6.08. The number of halogens is 2. The normalized spacial score (nSPS) is 12.1. The van der Waals surface area contributed by atoms with Gasteiger partial charge < -0.3 is 4.74 Å². The van der Waals surface area contributed by atoms with Crippen LogP contribution in [0.4, 0.5) is 0 Å². The molecule has 2 rings (SSSR count). The van der Waals surface area contributed by atoms with Gasteiger partial charge in [0.15, 0.2) is 0 Å². The van der Waals surface area contributed by atoms with Crippen LogP contribution in [0.25, 0.3) is 0 Å². The molecule has 0 radical (unpaired) electrons. The Balaban J connectivity index is 1.85. The maximum atomic E-state index is 6.23. The van der Waals surface area contributed by atoms with E-state index in [1.54, 1.807) is 0 Å². The molecule has 0 fully saturated rings. The first-order chi connectivity index (χ1) is 10.2. The topological polar surface area (TPSA) is 47.3 Å². The number of hydrogen-bond acceptors (Lipinski definition) is 3. The van der Waals surface area contributed by atoms with Crippen LogP contribution in [0.5, 0.6) is 5.75 Å². The van der Waals surface area contributed by atoms with Crippen molar-refractivity contribution in [3.63, 3.8) is 0 Å². The SMILES string of the molecule is NNC(CCOc1ccccc1)Cc1ccc(Br)cc1Cl. The number of para-hydroxylation sites is 1. The van der Waals surface area contributed by atoms with E-state index in [2.05, 4.69) is 21.4 Å². The van der Waals surface area contributed by atoms with Gasteiger partial charge in [-0.2, -0.15) is 0 Å². The van der Waals surface area contributed by atoms with Gasteiger partial charge in [0.1, 0.15) is 5.75 Å². The summed E-state index contributed by atoms with van der Waals surface area (Å²) in [6.45, 7) is 0.604. The van der Waals surface area contributed by atoms with Crippen LogP contribution in [-0.4, -0.2) is 12.6 Å². The van der Waals surface area contributed by atoms with Crippen LogP contribution in [0.1, 0.15) is 12.0 Å². The summed E-state index contributed by atoms with van der Waals surface area (Å²) in [5.41, 5.74) is 3.90. The van der Waals surface area contributed by atoms with Crippen molar-refractivity contribution in [1.29, 1.82) is 0 Å². The Morgan fingerprint density at radius 2 is 1.95 bits per heavy atom. The van der Waals surface area contributed by atoms with Crippen molar-refractivity contribution in [3.8, 4) is 5.75 Å². The first-order valence-electron chi connectivity index (χ1n) is 6.77. The lowest BCUT2D eigenvalue weighted by Gasteiger charge is -2.17. The van der Waals surface area contributed by atoms with Gasteiger partial charge in [-0.15, -0.1) is 0 Å². The van der Waals surface area contributed by atoms with E-state index in [0.717, 1.165) is 33.6 Å². The summed E-state index contributed by atoms with van der Waals surface area (Å²) in [6.07, 6.45) is 1.57. The third kappa shape index (κ3) is 5.32. The standard InChI is InChI=1S/C16H18BrClN2O/c17-13-7-6-12(16(18)11-13)10-14(20-19)8-9-21-15-4-2-1-3-5-15/h1-7,11,14,20H,8-10,19H2. The summed E-state index contributed by atoms with van der Waals surface area (Å²) >= 11 is 9.63. The van der Waals surface area contributed by atoms with Crippen LogP contribution >= 0.6 is 27.5 Å². The number of nitrogens with two attached hydrogens (primary N) is 1. The molecule has 3 nitrogen and oxygen atoms in total. The van der Waals surface area contributed by atoms with Crippen molar-refractivity contribution in [2.45, 2.75) is 18.9 Å². The van der Waals surface area contributed by atoms with E-state index in [0.29, 0.717) is 6.61 Å². The van der Waals surface area contributed by atoms with Gasteiger partial charge in [0.2, 0.25) is 0 Å². The fourth-order valence-corrected chi connectivity index (χ4v) is 2.78. The van der Waals surface area contributed by atoms with E-state index >= 15 is 0 Å². The first-order valence-corrected chi connectivity index (χ1v) is 7.94. The Kier molecular flexibility index (Phi) is 6.51. The van der Waals surface area contributed by atoms with E-state index in [4.69, 9.17) is 22.2 Å². The highest BCUT2D eigenvalue weighted by Crippen LogP contribution is 2.23. The van der Waals surface area contributed by atoms with E-state index in [1.807, 2.05) is 48.5 Å². The van der Waals surface area contributed by atoms with Crippen LogP contribution < -0.4 is 16.0 Å². The summed E-state index contributed by atoms with van der Waals surface area (Å²) in [7, 11) is 0. The predicted octanol–water partition coefficient (Wildman–Crippen LogP) is 3.95. The predicted molar refractivity (Wildman–Crippen MR) is 90.5 cm³/mol. The third-order valence-corrected chi connectivity index (χ3v) is 4.04. The lowest BCUT2D eigenvalue weighted by atomic mass is 10.0.